The van der Waals surface area contributed by atoms with Gasteiger partial charge in [-0.25, -0.2) is 9.59 Å². The number of nitrogens with one attached hydrogen (secondary N) is 2. The van der Waals surface area contributed by atoms with Crippen molar-refractivity contribution >= 4 is 18.0 Å². The molecule has 0 saturated carbocycles. The molecule has 2 amide bonds. The zero-order valence-corrected chi connectivity index (χ0v) is 19.7. The molecule has 0 aliphatic heterocycles. The van der Waals surface area contributed by atoms with Crippen molar-refractivity contribution in [2.24, 2.45) is 11.8 Å². The summed E-state index contributed by atoms with van der Waals surface area (Å²) in [6.45, 7) is 4.78. The van der Waals surface area contributed by atoms with Crippen LogP contribution >= 0.6 is 0 Å². The second kappa shape index (κ2) is 10.7. The molecule has 1 aliphatic carbocycles. The van der Waals surface area contributed by atoms with Crippen LogP contribution in [0.2, 0.25) is 0 Å². The molecular formula is C26H32N2O6. The number of amides is 2. The highest BCUT2D eigenvalue weighted by Crippen LogP contribution is 2.44. The quantitative estimate of drug-likeness (QED) is 0.425. The second-order valence-electron chi connectivity index (χ2n) is 9.33. The van der Waals surface area contributed by atoms with Crippen molar-refractivity contribution in [1.82, 2.24) is 10.6 Å². The van der Waals surface area contributed by atoms with Gasteiger partial charge in [-0.15, -0.1) is 0 Å². The van der Waals surface area contributed by atoms with Crippen molar-refractivity contribution in [3.63, 3.8) is 0 Å². The molecule has 4 N–H and O–H groups in total. The van der Waals surface area contributed by atoms with E-state index in [9.17, 15) is 19.5 Å². The Labute approximate surface area is 199 Å². The second-order valence-corrected chi connectivity index (χ2v) is 9.33. The lowest BCUT2D eigenvalue weighted by molar-refractivity contribution is -0.156. The van der Waals surface area contributed by atoms with Gasteiger partial charge in [0.05, 0.1) is 12.5 Å². The smallest absolute Gasteiger partial charge is 0.407 e. The van der Waals surface area contributed by atoms with E-state index in [1.54, 1.807) is 0 Å². The Morgan fingerprint density at radius 3 is 2.09 bits per heavy atom. The fraction of sp³-hybridized carbons (Fsp3) is 0.423. The third-order valence-electron chi connectivity index (χ3n) is 6.03. The highest BCUT2D eigenvalue weighted by atomic mass is 16.5. The van der Waals surface area contributed by atoms with Crippen molar-refractivity contribution in [3.8, 4) is 11.1 Å². The number of aliphatic carboxylic acids is 1. The van der Waals surface area contributed by atoms with Crippen LogP contribution in [0.15, 0.2) is 48.5 Å². The fourth-order valence-electron chi connectivity index (χ4n) is 4.19. The van der Waals surface area contributed by atoms with Crippen LogP contribution in [0.5, 0.6) is 0 Å². The highest BCUT2D eigenvalue weighted by Gasteiger charge is 2.32. The fourth-order valence-corrected chi connectivity index (χ4v) is 4.19. The summed E-state index contributed by atoms with van der Waals surface area (Å²) in [5.41, 5.74) is 2.42. The largest absolute Gasteiger partial charge is 0.479 e. The van der Waals surface area contributed by atoms with Gasteiger partial charge in [0.2, 0.25) is 5.91 Å². The zero-order chi connectivity index (χ0) is 24.9. The van der Waals surface area contributed by atoms with E-state index < -0.39 is 36.0 Å². The Morgan fingerprint density at radius 2 is 1.56 bits per heavy atom. The third kappa shape index (κ3) is 5.94. The van der Waals surface area contributed by atoms with Crippen LogP contribution in [0.3, 0.4) is 0 Å². The molecule has 8 heteroatoms. The third-order valence-corrected chi connectivity index (χ3v) is 6.03. The molecule has 0 spiro atoms. The van der Waals surface area contributed by atoms with Gasteiger partial charge in [0, 0.05) is 12.5 Å². The Balaban J connectivity index is 1.57. The lowest BCUT2D eigenvalue weighted by atomic mass is 9.95. The van der Waals surface area contributed by atoms with Crippen molar-refractivity contribution in [2.45, 2.75) is 38.7 Å². The number of carbonyl (C=O) groups is 3. The molecule has 0 fully saturated rings. The number of hydrogen-bond acceptors (Lipinski definition) is 5. The maximum atomic E-state index is 12.6. The highest BCUT2D eigenvalue weighted by molar-refractivity contribution is 5.82. The van der Waals surface area contributed by atoms with E-state index in [-0.39, 0.29) is 25.0 Å². The Morgan fingerprint density at radius 1 is 1.00 bits per heavy atom. The maximum Gasteiger partial charge on any atom is 0.407 e. The average molecular weight is 469 g/mol. The molecule has 2 aromatic carbocycles. The summed E-state index contributed by atoms with van der Waals surface area (Å²) >= 11 is 0. The first-order valence-corrected chi connectivity index (χ1v) is 11.4. The van der Waals surface area contributed by atoms with E-state index in [1.807, 2.05) is 50.2 Å². The van der Waals surface area contributed by atoms with Crippen LogP contribution in [0.1, 0.15) is 44.2 Å². The predicted octanol–water partition coefficient (Wildman–Crippen LogP) is 3.14. The van der Waals surface area contributed by atoms with Gasteiger partial charge in [-0.05, 0) is 41.5 Å². The maximum absolute atomic E-state index is 12.6. The number of alkyl carbamates (subject to hydrolysis) is 1. The number of fused-ring (bicyclic) bond motifs is 3. The van der Waals surface area contributed by atoms with Gasteiger partial charge in [0.25, 0.3) is 0 Å². The van der Waals surface area contributed by atoms with Gasteiger partial charge in [0.1, 0.15) is 6.61 Å². The Hall–Kier alpha value is -3.39. The molecular weight excluding hydrogens is 436 g/mol. The summed E-state index contributed by atoms with van der Waals surface area (Å²) in [6.07, 6.45) is -0.147. The van der Waals surface area contributed by atoms with Gasteiger partial charge in [-0.3, -0.25) is 4.79 Å². The number of carbonyl (C=O) groups excluding carboxylic acids is 2. The van der Waals surface area contributed by atoms with E-state index >= 15 is 0 Å². The van der Waals surface area contributed by atoms with E-state index in [1.165, 1.54) is 0 Å². The molecule has 0 bridgehead atoms. The van der Waals surface area contributed by atoms with Crippen molar-refractivity contribution in [3.05, 3.63) is 59.7 Å². The Bertz CT molecular complexity index is 1000. The number of hydrogen-bond donors (Lipinski definition) is 4. The number of rotatable bonds is 10. The zero-order valence-electron chi connectivity index (χ0n) is 19.7. The summed E-state index contributed by atoms with van der Waals surface area (Å²) in [6, 6.07) is 16.1. The molecule has 2 unspecified atom stereocenters. The van der Waals surface area contributed by atoms with Crippen molar-refractivity contribution in [1.29, 1.82) is 0 Å². The molecule has 0 saturated heterocycles. The molecule has 0 aromatic heterocycles. The first-order valence-electron chi connectivity index (χ1n) is 11.4. The summed E-state index contributed by atoms with van der Waals surface area (Å²) in [7, 11) is 0. The van der Waals surface area contributed by atoms with E-state index in [0.717, 1.165) is 29.2 Å². The summed E-state index contributed by atoms with van der Waals surface area (Å²) in [5.74, 6) is -2.35. The van der Waals surface area contributed by atoms with E-state index in [2.05, 4.69) is 22.8 Å². The van der Waals surface area contributed by atoms with Crippen LogP contribution in [0.25, 0.3) is 11.1 Å². The number of benzene rings is 2. The molecule has 182 valence electrons. The van der Waals surface area contributed by atoms with Crippen molar-refractivity contribution < 1.29 is 29.3 Å². The molecule has 0 heterocycles. The average Bonchev–Trinajstić information content (AvgIpc) is 3.12. The predicted molar refractivity (Wildman–Crippen MR) is 127 cm³/mol. The standard InChI is InChI=1S/C26H32N2O6/c1-16(2)12-17(23(29)28-15-26(3,33)24(30)31)13-27-25(32)34-14-22-20-10-6-4-8-18(20)19-9-5-7-11-21(19)22/h4-11,16-17,22,33H,12-15H2,1-3H3,(H,27,32)(H,28,29)(H,30,31). The SMILES string of the molecule is CC(C)CC(CNC(=O)OCC1c2ccccc2-c2ccccc21)C(=O)NCC(C)(O)C(=O)O. The number of carboxylic acids is 1. The normalized spacial score (nSPS) is 15.1. The van der Waals surface area contributed by atoms with Crippen LogP contribution < -0.4 is 10.6 Å². The molecule has 2 atom stereocenters. The summed E-state index contributed by atoms with van der Waals surface area (Å²) in [5, 5.41) is 24.0. The van der Waals surface area contributed by atoms with E-state index in [4.69, 9.17) is 9.84 Å². The minimum atomic E-state index is -2.07. The molecule has 2 aromatic rings. The summed E-state index contributed by atoms with van der Waals surface area (Å²) in [4.78, 5) is 36.1. The van der Waals surface area contributed by atoms with Crippen LogP contribution in [0, 0.1) is 11.8 Å². The topological polar surface area (TPSA) is 125 Å². The first-order chi connectivity index (χ1) is 16.1. The van der Waals surface area contributed by atoms with E-state index in [0.29, 0.717) is 6.42 Å². The van der Waals surface area contributed by atoms with Gasteiger partial charge >= 0.3 is 12.1 Å². The molecule has 34 heavy (non-hydrogen) atoms. The van der Waals surface area contributed by atoms with Crippen LogP contribution in [-0.4, -0.2) is 53.5 Å². The van der Waals surface area contributed by atoms with Gasteiger partial charge in [0.15, 0.2) is 5.60 Å². The molecule has 0 radical (unpaired) electrons. The molecule has 8 nitrogen and oxygen atoms in total. The first kappa shape index (κ1) is 25.2. The molecule has 3 rings (SSSR count). The summed E-state index contributed by atoms with van der Waals surface area (Å²) < 4.78 is 5.52. The van der Waals surface area contributed by atoms with Crippen molar-refractivity contribution in [2.75, 3.05) is 19.7 Å². The number of aliphatic hydroxyl groups is 1. The molecule has 1 aliphatic rings. The van der Waals surface area contributed by atoms with Crippen LogP contribution in [0.4, 0.5) is 4.79 Å². The minimum absolute atomic E-state index is 0.0376. The number of ether oxygens (including phenoxy) is 1. The van der Waals surface area contributed by atoms with Crippen LogP contribution in [-0.2, 0) is 14.3 Å². The van der Waals surface area contributed by atoms with Gasteiger partial charge < -0.3 is 25.6 Å². The lowest BCUT2D eigenvalue weighted by Crippen LogP contribution is -2.49. The Kier molecular flexibility index (Phi) is 7.94. The number of carboxylic acid groups (broad SMARTS) is 1. The van der Waals surface area contributed by atoms with Gasteiger partial charge in [-0.2, -0.15) is 0 Å². The monoisotopic (exact) mass is 468 g/mol. The van der Waals surface area contributed by atoms with Gasteiger partial charge in [-0.1, -0.05) is 62.4 Å². The minimum Gasteiger partial charge on any atom is -0.479 e. The lowest BCUT2D eigenvalue weighted by Gasteiger charge is -2.23.